The summed E-state index contributed by atoms with van der Waals surface area (Å²) >= 11 is 0.938. The number of aromatic nitrogens is 1. The van der Waals surface area contributed by atoms with Gasteiger partial charge in [0.05, 0.1) is 12.0 Å². The maximum atomic E-state index is 12.9. The SMILES string of the molecule is COC(=O)c1cc(-c2ccc(S(=O)(=O)Nc3ccc(F)cc3)s2)on1. The van der Waals surface area contributed by atoms with Gasteiger partial charge in [-0.05, 0) is 36.4 Å². The number of thiophene rings is 1. The molecule has 0 bridgehead atoms. The highest BCUT2D eigenvalue weighted by Gasteiger charge is 2.20. The zero-order valence-corrected chi connectivity index (χ0v) is 14.4. The first-order chi connectivity index (χ1) is 11.9. The molecule has 0 aliphatic heterocycles. The van der Waals surface area contributed by atoms with Gasteiger partial charge in [0.25, 0.3) is 10.0 Å². The van der Waals surface area contributed by atoms with Crippen molar-refractivity contribution in [1.82, 2.24) is 5.16 Å². The van der Waals surface area contributed by atoms with Crippen LogP contribution in [0.5, 0.6) is 0 Å². The van der Waals surface area contributed by atoms with Gasteiger partial charge in [0.2, 0.25) is 0 Å². The van der Waals surface area contributed by atoms with Crippen LogP contribution in [0.25, 0.3) is 10.6 Å². The smallest absolute Gasteiger partial charge is 0.360 e. The number of anilines is 1. The third-order valence-electron chi connectivity index (χ3n) is 3.09. The van der Waals surface area contributed by atoms with Gasteiger partial charge >= 0.3 is 5.97 Å². The maximum absolute atomic E-state index is 12.9. The van der Waals surface area contributed by atoms with E-state index in [0.29, 0.717) is 4.88 Å². The molecule has 0 amide bonds. The van der Waals surface area contributed by atoms with Crippen molar-refractivity contribution in [3.63, 3.8) is 0 Å². The van der Waals surface area contributed by atoms with E-state index in [1.165, 1.54) is 37.4 Å². The zero-order valence-electron chi connectivity index (χ0n) is 12.7. The Morgan fingerprint density at radius 1 is 1.24 bits per heavy atom. The van der Waals surface area contributed by atoms with Gasteiger partial charge in [-0.15, -0.1) is 11.3 Å². The van der Waals surface area contributed by atoms with Crippen LogP contribution in [0.15, 0.2) is 51.2 Å². The highest BCUT2D eigenvalue weighted by Crippen LogP contribution is 2.32. The van der Waals surface area contributed by atoms with E-state index in [-0.39, 0.29) is 21.4 Å². The Kier molecular flexibility index (Phi) is 4.55. The van der Waals surface area contributed by atoms with Crippen LogP contribution in [-0.2, 0) is 14.8 Å². The summed E-state index contributed by atoms with van der Waals surface area (Å²) in [5.74, 6) is -0.876. The predicted molar refractivity (Wildman–Crippen MR) is 88.4 cm³/mol. The second-order valence-electron chi connectivity index (χ2n) is 4.80. The summed E-state index contributed by atoms with van der Waals surface area (Å²) in [5.41, 5.74) is 0.226. The number of benzene rings is 1. The van der Waals surface area contributed by atoms with E-state index in [9.17, 15) is 17.6 Å². The lowest BCUT2D eigenvalue weighted by Gasteiger charge is -2.05. The van der Waals surface area contributed by atoms with Gasteiger partial charge in [-0.1, -0.05) is 5.16 Å². The lowest BCUT2D eigenvalue weighted by atomic mass is 10.3. The van der Waals surface area contributed by atoms with Gasteiger partial charge in [0.1, 0.15) is 10.0 Å². The number of nitrogens with one attached hydrogen (secondary N) is 1. The molecule has 10 heteroatoms. The van der Waals surface area contributed by atoms with E-state index in [4.69, 9.17) is 4.52 Å². The number of sulfonamides is 1. The average Bonchev–Trinajstić information content (AvgIpc) is 3.25. The molecular formula is C15H11FN2O5S2. The Morgan fingerprint density at radius 2 is 1.96 bits per heavy atom. The van der Waals surface area contributed by atoms with Crippen LogP contribution < -0.4 is 4.72 Å². The number of esters is 1. The van der Waals surface area contributed by atoms with E-state index < -0.39 is 21.8 Å². The number of hydrogen-bond donors (Lipinski definition) is 1. The molecule has 0 atom stereocenters. The second-order valence-corrected chi connectivity index (χ2v) is 7.79. The molecule has 0 unspecified atom stereocenters. The van der Waals surface area contributed by atoms with E-state index in [1.807, 2.05) is 0 Å². The molecule has 0 aliphatic carbocycles. The van der Waals surface area contributed by atoms with Crippen molar-refractivity contribution in [3.05, 3.63) is 54.0 Å². The summed E-state index contributed by atoms with van der Waals surface area (Å²) in [6, 6.07) is 9.24. The molecular weight excluding hydrogens is 371 g/mol. The molecule has 1 N–H and O–H groups in total. The lowest BCUT2D eigenvalue weighted by Crippen LogP contribution is -2.11. The Labute approximate surface area is 146 Å². The minimum atomic E-state index is -3.84. The maximum Gasteiger partial charge on any atom is 0.360 e. The molecule has 3 rings (SSSR count). The van der Waals surface area contributed by atoms with Gasteiger partial charge in [0, 0.05) is 11.8 Å². The van der Waals surface area contributed by atoms with Gasteiger partial charge < -0.3 is 9.26 Å². The number of ether oxygens (including phenoxy) is 1. The van der Waals surface area contributed by atoms with Crippen LogP contribution in [-0.4, -0.2) is 26.7 Å². The molecule has 0 fully saturated rings. The van der Waals surface area contributed by atoms with Gasteiger partial charge in [0.15, 0.2) is 11.5 Å². The summed E-state index contributed by atoms with van der Waals surface area (Å²) in [7, 11) is -2.62. The molecule has 2 aromatic heterocycles. The minimum Gasteiger partial charge on any atom is -0.464 e. The fourth-order valence-electron chi connectivity index (χ4n) is 1.91. The van der Waals surface area contributed by atoms with Crippen molar-refractivity contribution < 1.29 is 26.9 Å². The summed E-state index contributed by atoms with van der Waals surface area (Å²) in [6.07, 6.45) is 0. The van der Waals surface area contributed by atoms with Crippen molar-refractivity contribution in [3.8, 4) is 10.6 Å². The van der Waals surface area contributed by atoms with Gasteiger partial charge in [-0.25, -0.2) is 17.6 Å². The van der Waals surface area contributed by atoms with Crippen molar-refractivity contribution in [2.24, 2.45) is 0 Å². The number of carbonyl (C=O) groups excluding carboxylic acids is 1. The first kappa shape index (κ1) is 17.1. The Bertz CT molecular complexity index is 1010. The standard InChI is InChI=1S/C15H11FN2O5S2/c1-22-15(19)11-8-12(23-17-11)13-6-7-14(24-13)25(20,21)18-10-4-2-9(16)3-5-10/h2-8,18H,1H3. The average molecular weight is 382 g/mol. The summed E-state index contributed by atoms with van der Waals surface area (Å²) in [4.78, 5) is 11.8. The molecule has 3 aromatic rings. The van der Waals surface area contributed by atoms with Crippen molar-refractivity contribution in [1.29, 1.82) is 0 Å². The van der Waals surface area contributed by atoms with E-state index in [1.54, 1.807) is 0 Å². The molecule has 0 radical (unpaired) electrons. The quantitative estimate of drug-likeness (QED) is 0.681. The van der Waals surface area contributed by atoms with Crippen LogP contribution in [0.4, 0.5) is 10.1 Å². The number of rotatable bonds is 5. The fraction of sp³-hybridized carbons (Fsp3) is 0.0667. The molecule has 0 spiro atoms. The van der Waals surface area contributed by atoms with Gasteiger partial charge in [-0.3, -0.25) is 4.72 Å². The number of methoxy groups -OCH3 is 1. The normalized spacial score (nSPS) is 11.3. The van der Waals surface area contributed by atoms with Crippen LogP contribution in [0.2, 0.25) is 0 Å². The number of carbonyl (C=O) groups is 1. The first-order valence-corrected chi connectivity index (χ1v) is 9.12. The molecule has 2 heterocycles. The minimum absolute atomic E-state index is 0.0141. The van der Waals surface area contributed by atoms with Crippen molar-refractivity contribution in [2.45, 2.75) is 4.21 Å². The lowest BCUT2D eigenvalue weighted by molar-refractivity contribution is 0.0589. The summed E-state index contributed by atoms with van der Waals surface area (Å²) in [5, 5.41) is 3.57. The second kappa shape index (κ2) is 6.65. The van der Waals surface area contributed by atoms with Crippen LogP contribution in [0, 0.1) is 5.82 Å². The van der Waals surface area contributed by atoms with Gasteiger partial charge in [-0.2, -0.15) is 0 Å². The summed E-state index contributed by atoms with van der Waals surface area (Å²) < 4.78 is 49.6. The fourth-order valence-corrected chi connectivity index (χ4v) is 4.23. The molecule has 7 nitrogen and oxygen atoms in total. The third-order valence-corrected chi connectivity index (χ3v) is 6.06. The van der Waals surface area contributed by atoms with E-state index >= 15 is 0 Å². The van der Waals surface area contributed by atoms with Crippen molar-refractivity contribution in [2.75, 3.05) is 11.8 Å². The molecule has 130 valence electrons. The van der Waals surface area contributed by atoms with Crippen LogP contribution >= 0.6 is 11.3 Å². The molecule has 0 saturated heterocycles. The highest BCUT2D eigenvalue weighted by atomic mass is 32.2. The largest absolute Gasteiger partial charge is 0.464 e. The number of hydrogen-bond acceptors (Lipinski definition) is 7. The Morgan fingerprint density at radius 3 is 2.64 bits per heavy atom. The van der Waals surface area contributed by atoms with Crippen molar-refractivity contribution >= 4 is 33.0 Å². The highest BCUT2D eigenvalue weighted by molar-refractivity contribution is 7.94. The number of nitrogens with zero attached hydrogens (tertiary/aromatic N) is 1. The Balaban J connectivity index is 1.83. The zero-order chi connectivity index (χ0) is 18.0. The van der Waals surface area contributed by atoms with Crippen LogP contribution in [0.1, 0.15) is 10.5 Å². The Hall–Kier alpha value is -2.72. The first-order valence-electron chi connectivity index (χ1n) is 6.83. The topological polar surface area (TPSA) is 98.5 Å². The molecule has 0 aliphatic rings. The monoisotopic (exact) mass is 382 g/mol. The number of halogens is 1. The summed E-state index contributed by atoms with van der Waals surface area (Å²) in [6.45, 7) is 0. The predicted octanol–water partition coefficient (Wildman–Crippen LogP) is 3.13. The molecule has 0 saturated carbocycles. The third kappa shape index (κ3) is 3.69. The van der Waals surface area contributed by atoms with Crippen LogP contribution in [0.3, 0.4) is 0 Å². The molecule has 1 aromatic carbocycles. The van der Waals surface area contributed by atoms with E-state index in [0.717, 1.165) is 23.5 Å². The van der Waals surface area contributed by atoms with E-state index in [2.05, 4.69) is 14.6 Å². The molecule has 25 heavy (non-hydrogen) atoms.